The van der Waals surface area contributed by atoms with Gasteiger partial charge in [-0.25, -0.2) is 8.42 Å². The lowest BCUT2D eigenvalue weighted by atomic mass is 9.70. The number of ether oxygens (including phenoxy) is 1. The maximum atomic E-state index is 12.6. The van der Waals surface area contributed by atoms with Crippen LogP contribution in [0.2, 0.25) is 0 Å². The van der Waals surface area contributed by atoms with E-state index in [1.165, 1.54) is 24.3 Å². The van der Waals surface area contributed by atoms with Crippen LogP contribution < -0.4 is 9.46 Å². The molecule has 0 aliphatic heterocycles. The standard InChI is InChI=1S/C17H21F2NO4S/c1-16(2)11-7-8-17(16,14(21)9-11)10-25(22,23)20-12-3-5-13(6-4-12)24-15(18)19/h3-6,11,15,20H,7-10H2,1-2H3/t11-,17-/m0/s1. The number of ketones is 1. The number of alkyl halides is 2. The van der Waals surface area contributed by atoms with Crippen molar-refractivity contribution in [1.29, 1.82) is 0 Å². The molecule has 5 nitrogen and oxygen atoms in total. The van der Waals surface area contributed by atoms with Crippen LogP contribution in [0.1, 0.15) is 33.1 Å². The third-order valence-corrected chi connectivity index (χ3v) is 7.35. The van der Waals surface area contributed by atoms with Gasteiger partial charge >= 0.3 is 6.61 Å². The summed E-state index contributed by atoms with van der Waals surface area (Å²) in [6.45, 7) is 1.01. The van der Waals surface area contributed by atoms with Crippen molar-refractivity contribution in [1.82, 2.24) is 0 Å². The van der Waals surface area contributed by atoms with Gasteiger partial charge in [0, 0.05) is 12.1 Å². The number of hydrogen-bond acceptors (Lipinski definition) is 4. The fourth-order valence-electron chi connectivity index (χ4n) is 4.35. The summed E-state index contributed by atoms with van der Waals surface area (Å²) < 4.78 is 56.2. The van der Waals surface area contributed by atoms with E-state index in [1.54, 1.807) is 0 Å². The SMILES string of the molecule is CC1(C)[C@H]2CC[C@]1(CS(=O)(=O)Nc1ccc(OC(F)F)cc1)C(=O)C2. The number of rotatable bonds is 6. The quantitative estimate of drug-likeness (QED) is 0.829. The van der Waals surface area contributed by atoms with Gasteiger partial charge in [-0.05, 0) is 48.4 Å². The topological polar surface area (TPSA) is 72.5 Å². The lowest BCUT2D eigenvalue weighted by Crippen LogP contribution is -2.43. The molecule has 1 aromatic rings. The van der Waals surface area contributed by atoms with Crippen molar-refractivity contribution in [2.45, 2.75) is 39.7 Å². The Bertz CT molecular complexity index is 776. The molecule has 0 aromatic heterocycles. The van der Waals surface area contributed by atoms with Gasteiger partial charge in [-0.1, -0.05) is 13.8 Å². The summed E-state index contributed by atoms with van der Waals surface area (Å²) in [6, 6.07) is 5.23. The fourth-order valence-corrected chi connectivity index (χ4v) is 6.25. The molecule has 25 heavy (non-hydrogen) atoms. The van der Waals surface area contributed by atoms with Crippen LogP contribution in [0.25, 0.3) is 0 Å². The molecule has 0 saturated heterocycles. The number of benzene rings is 1. The van der Waals surface area contributed by atoms with Crippen LogP contribution in [0.5, 0.6) is 5.75 Å². The minimum Gasteiger partial charge on any atom is -0.435 e. The van der Waals surface area contributed by atoms with Crippen LogP contribution >= 0.6 is 0 Å². The molecule has 1 aromatic carbocycles. The summed E-state index contributed by atoms with van der Waals surface area (Å²) >= 11 is 0. The molecule has 0 unspecified atom stereocenters. The lowest BCUT2D eigenvalue weighted by Gasteiger charge is -2.36. The summed E-state index contributed by atoms with van der Waals surface area (Å²) in [5.74, 6) is -0.0412. The number of sulfonamides is 1. The van der Waals surface area contributed by atoms with E-state index < -0.39 is 22.0 Å². The van der Waals surface area contributed by atoms with Crippen LogP contribution in [0.4, 0.5) is 14.5 Å². The van der Waals surface area contributed by atoms with Gasteiger partial charge < -0.3 is 4.74 Å². The highest BCUT2D eigenvalue weighted by molar-refractivity contribution is 7.92. The highest BCUT2D eigenvalue weighted by Crippen LogP contribution is 2.64. The molecule has 0 heterocycles. The first-order chi connectivity index (χ1) is 11.6. The highest BCUT2D eigenvalue weighted by atomic mass is 32.2. The molecule has 8 heteroatoms. The van der Waals surface area contributed by atoms with Crippen LogP contribution in [-0.2, 0) is 14.8 Å². The first-order valence-electron chi connectivity index (χ1n) is 8.14. The number of carbonyl (C=O) groups excluding carboxylic acids is 1. The minimum atomic E-state index is -3.76. The third kappa shape index (κ3) is 3.12. The molecule has 3 rings (SSSR count). The Hall–Kier alpha value is -1.70. The summed E-state index contributed by atoms with van der Waals surface area (Å²) in [5.41, 5.74) is -0.938. The molecular weight excluding hydrogens is 352 g/mol. The summed E-state index contributed by atoms with van der Waals surface area (Å²) in [7, 11) is -3.76. The van der Waals surface area contributed by atoms with Gasteiger partial charge in [-0.15, -0.1) is 0 Å². The number of fused-ring (bicyclic) bond motifs is 2. The molecule has 0 spiro atoms. The number of halogens is 2. The van der Waals surface area contributed by atoms with E-state index in [0.29, 0.717) is 12.8 Å². The van der Waals surface area contributed by atoms with Crippen molar-refractivity contribution in [3.8, 4) is 5.75 Å². The first kappa shape index (κ1) is 18.1. The van der Waals surface area contributed by atoms with Crippen molar-refractivity contribution >= 4 is 21.5 Å². The number of Topliss-reactive ketones (excluding diaryl/α,β-unsaturated/α-hetero) is 1. The molecular formula is C17H21F2NO4S. The molecule has 1 N–H and O–H groups in total. The Morgan fingerprint density at radius 2 is 1.92 bits per heavy atom. The third-order valence-electron chi connectivity index (χ3n) is 5.93. The van der Waals surface area contributed by atoms with E-state index in [0.717, 1.165) is 6.42 Å². The van der Waals surface area contributed by atoms with E-state index in [4.69, 9.17) is 0 Å². The minimum absolute atomic E-state index is 0.0276. The average Bonchev–Trinajstić information content (AvgIpc) is 2.82. The molecule has 2 saturated carbocycles. The molecule has 2 aliphatic rings. The first-order valence-corrected chi connectivity index (χ1v) is 9.80. The van der Waals surface area contributed by atoms with Gasteiger partial charge in [-0.2, -0.15) is 8.78 Å². The molecule has 2 bridgehead atoms. The normalized spacial score (nSPS) is 27.7. The monoisotopic (exact) mass is 373 g/mol. The van der Waals surface area contributed by atoms with Crippen molar-refractivity contribution in [2.75, 3.05) is 10.5 Å². The van der Waals surface area contributed by atoms with Crippen molar-refractivity contribution in [3.63, 3.8) is 0 Å². The van der Waals surface area contributed by atoms with Crippen LogP contribution in [0, 0.1) is 16.7 Å². The molecule has 2 aliphatic carbocycles. The maximum absolute atomic E-state index is 12.6. The van der Waals surface area contributed by atoms with Crippen LogP contribution in [0.3, 0.4) is 0 Å². The van der Waals surface area contributed by atoms with Gasteiger partial charge in [0.15, 0.2) is 0 Å². The smallest absolute Gasteiger partial charge is 0.387 e. The predicted octanol–water partition coefficient (Wildman–Crippen LogP) is 3.43. The summed E-state index contributed by atoms with van der Waals surface area (Å²) in [5, 5.41) is 0. The van der Waals surface area contributed by atoms with Gasteiger partial charge in [0.2, 0.25) is 10.0 Å². The van der Waals surface area contributed by atoms with Gasteiger partial charge in [0.25, 0.3) is 0 Å². The largest absolute Gasteiger partial charge is 0.435 e. The van der Waals surface area contributed by atoms with Gasteiger partial charge in [0.1, 0.15) is 11.5 Å². The molecule has 0 amide bonds. The van der Waals surface area contributed by atoms with E-state index in [-0.39, 0.29) is 34.3 Å². The zero-order valence-corrected chi connectivity index (χ0v) is 14.9. The van der Waals surface area contributed by atoms with E-state index >= 15 is 0 Å². The lowest BCUT2D eigenvalue weighted by molar-refractivity contribution is -0.128. The summed E-state index contributed by atoms with van der Waals surface area (Å²) in [4.78, 5) is 12.5. The number of anilines is 1. The van der Waals surface area contributed by atoms with E-state index in [9.17, 15) is 22.0 Å². The Labute approximate surface area is 145 Å². The Balaban J connectivity index is 1.76. The average molecular weight is 373 g/mol. The highest BCUT2D eigenvalue weighted by Gasteiger charge is 2.65. The molecule has 138 valence electrons. The van der Waals surface area contributed by atoms with Gasteiger partial charge in [0.05, 0.1) is 11.2 Å². The van der Waals surface area contributed by atoms with E-state index in [2.05, 4.69) is 9.46 Å². The van der Waals surface area contributed by atoms with Crippen molar-refractivity contribution < 1.29 is 26.7 Å². The summed E-state index contributed by atoms with van der Waals surface area (Å²) in [6.07, 6.45) is 1.90. The van der Waals surface area contributed by atoms with Crippen molar-refractivity contribution in [2.24, 2.45) is 16.7 Å². The fraction of sp³-hybridized carbons (Fsp3) is 0.588. The predicted molar refractivity (Wildman–Crippen MR) is 89.0 cm³/mol. The van der Waals surface area contributed by atoms with Crippen LogP contribution in [-0.4, -0.2) is 26.6 Å². The molecule has 2 fully saturated rings. The van der Waals surface area contributed by atoms with Crippen LogP contribution in [0.15, 0.2) is 24.3 Å². The number of nitrogens with one attached hydrogen (secondary N) is 1. The van der Waals surface area contributed by atoms with Crippen molar-refractivity contribution in [3.05, 3.63) is 24.3 Å². The second-order valence-corrected chi connectivity index (χ2v) is 9.15. The Kier molecular flexibility index (Phi) is 4.29. The Morgan fingerprint density at radius 1 is 1.28 bits per heavy atom. The second-order valence-electron chi connectivity index (χ2n) is 7.43. The molecule has 0 radical (unpaired) electrons. The van der Waals surface area contributed by atoms with E-state index in [1.807, 2.05) is 13.8 Å². The zero-order valence-electron chi connectivity index (χ0n) is 14.1. The number of carbonyl (C=O) groups is 1. The number of hydrogen-bond donors (Lipinski definition) is 1. The maximum Gasteiger partial charge on any atom is 0.387 e. The second kappa shape index (κ2) is 5.93. The zero-order chi connectivity index (χ0) is 18.5. The molecule has 2 atom stereocenters. The Morgan fingerprint density at radius 3 is 2.40 bits per heavy atom. The van der Waals surface area contributed by atoms with Gasteiger partial charge in [-0.3, -0.25) is 9.52 Å².